The molecule has 3 heterocycles. The van der Waals surface area contributed by atoms with Crippen molar-refractivity contribution in [2.75, 3.05) is 0 Å². The summed E-state index contributed by atoms with van der Waals surface area (Å²) in [6.45, 7) is 4.79. The number of nitrogens with one attached hydrogen (secondary N) is 2. The molecule has 0 bridgehead atoms. The molecule has 12 rings (SSSR count). The van der Waals surface area contributed by atoms with E-state index in [0.29, 0.717) is 0 Å². The third kappa shape index (κ3) is 4.71. The van der Waals surface area contributed by atoms with Gasteiger partial charge in [-0.25, -0.2) is 0 Å². The monoisotopic (exact) mass is 732 g/mol. The predicted molar refractivity (Wildman–Crippen MR) is 238 cm³/mol. The molecule has 57 heavy (non-hydrogen) atoms. The van der Waals surface area contributed by atoms with Crippen molar-refractivity contribution in [2.45, 2.75) is 31.6 Å². The summed E-state index contributed by atoms with van der Waals surface area (Å²) in [5.41, 5.74) is 14.6. The molecule has 0 fully saturated rings. The fourth-order valence-electron chi connectivity index (χ4n) is 10.1. The average Bonchev–Trinajstić information content (AvgIpc) is 3.85. The van der Waals surface area contributed by atoms with Crippen LogP contribution in [0.15, 0.2) is 188 Å². The molecule has 0 radical (unpaired) electrons. The van der Waals surface area contributed by atoms with E-state index in [1.54, 1.807) is 0 Å². The first kappa shape index (κ1) is 32.4. The van der Waals surface area contributed by atoms with Gasteiger partial charge < -0.3 is 14.5 Å². The smallest absolute Gasteiger partial charge is 0.115 e. The van der Waals surface area contributed by atoms with Crippen molar-refractivity contribution in [1.82, 2.24) is 19.8 Å². The van der Waals surface area contributed by atoms with Crippen molar-refractivity contribution in [1.29, 1.82) is 0 Å². The van der Waals surface area contributed by atoms with E-state index in [0.717, 1.165) is 5.69 Å². The van der Waals surface area contributed by atoms with Crippen LogP contribution in [0.2, 0.25) is 0 Å². The predicted octanol–water partition coefficient (Wildman–Crippen LogP) is 12.8. The van der Waals surface area contributed by atoms with Crippen LogP contribution in [0.1, 0.15) is 42.9 Å². The molecule has 2 unspecified atom stereocenters. The van der Waals surface area contributed by atoms with Gasteiger partial charge in [0, 0.05) is 43.9 Å². The van der Waals surface area contributed by atoms with Crippen molar-refractivity contribution in [3.63, 3.8) is 0 Å². The summed E-state index contributed by atoms with van der Waals surface area (Å²) in [6, 6.07) is 66.9. The molecule has 2 aromatic heterocycles. The summed E-state index contributed by atoms with van der Waals surface area (Å²) in [6.07, 6.45) is -0.326. The van der Waals surface area contributed by atoms with Gasteiger partial charge in [-0.05, 0) is 87.1 Å². The van der Waals surface area contributed by atoms with Gasteiger partial charge in [0.2, 0.25) is 0 Å². The first-order valence-electron chi connectivity index (χ1n) is 20.0. The lowest BCUT2D eigenvalue weighted by Crippen LogP contribution is -2.46. The molecule has 0 amide bonds. The number of para-hydroxylation sites is 3. The number of nitrogens with zero attached hydrogens (tertiary/aromatic N) is 2. The lowest BCUT2D eigenvalue weighted by molar-refractivity contribution is 0.356. The van der Waals surface area contributed by atoms with Crippen LogP contribution in [0.25, 0.3) is 76.8 Å². The molecular weight excluding hydrogens is 693 g/mol. The van der Waals surface area contributed by atoms with Gasteiger partial charge in [0.05, 0.1) is 22.1 Å². The third-order valence-corrected chi connectivity index (χ3v) is 12.8. The van der Waals surface area contributed by atoms with Crippen molar-refractivity contribution >= 4 is 60.0 Å². The van der Waals surface area contributed by atoms with Gasteiger partial charge in [0.15, 0.2) is 0 Å². The summed E-state index contributed by atoms with van der Waals surface area (Å²) < 4.78 is 4.99. The lowest BCUT2D eigenvalue weighted by atomic mass is 9.83. The Morgan fingerprint density at radius 2 is 1.14 bits per heavy atom. The number of allylic oxidation sites excluding steroid dienone is 1. The van der Waals surface area contributed by atoms with Gasteiger partial charge in [-0.15, -0.1) is 0 Å². The summed E-state index contributed by atoms with van der Waals surface area (Å²) >= 11 is 0. The minimum absolute atomic E-state index is 0.159. The maximum Gasteiger partial charge on any atom is 0.115 e. The maximum absolute atomic E-state index is 4.24. The van der Waals surface area contributed by atoms with Crippen LogP contribution >= 0.6 is 0 Å². The maximum atomic E-state index is 4.24. The molecule has 0 saturated carbocycles. The Balaban J connectivity index is 1.10. The molecule has 8 aromatic carbocycles. The van der Waals surface area contributed by atoms with Gasteiger partial charge >= 0.3 is 0 Å². The van der Waals surface area contributed by atoms with E-state index in [1.165, 1.54) is 93.5 Å². The molecule has 1 aliphatic carbocycles. The normalized spacial score (nSPS) is 17.4. The van der Waals surface area contributed by atoms with Crippen LogP contribution in [0.4, 0.5) is 0 Å². The quantitative estimate of drug-likeness (QED) is 0.189. The van der Waals surface area contributed by atoms with Crippen LogP contribution in [-0.4, -0.2) is 9.13 Å². The fraction of sp³-hybridized carbons (Fsp3) is 0.0943. The number of benzene rings is 8. The van der Waals surface area contributed by atoms with E-state index < -0.39 is 0 Å². The van der Waals surface area contributed by atoms with E-state index >= 15 is 0 Å². The van der Waals surface area contributed by atoms with Crippen LogP contribution < -0.4 is 10.6 Å². The van der Waals surface area contributed by atoms with E-state index in [1.807, 2.05) is 0 Å². The summed E-state index contributed by atoms with van der Waals surface area (Å²) in [5, 5.41) is 15.9. The van der Waals surface area contributed by atoms with E-state index in [-0.39, 0.29) is 17.7 Å². The van der Waals surface area contributed by atoms with Crippen LogP contribution in [-0.2, 0) is 5.41 Å². The fourth-order valence-corrected chi connectivity index (χ4v) is 10.1. The molecule has 1 aliphatic heterocycles. The van der Waals surface area contributed by atoms with Crippen molar-refractivity contribution < 1.29 is 0 Å². The Kier molecular flexibility index (Phi) is 6.85. The number of aromatic nitrogens is 2. The second-order valence-corrected chi connectivity index (χ2v) is 16.3. The first-order chi connectivity index (χ1) is 28.0. The van der Waals surface area contributed by atoms with Crippen LogP contribution in [0.5, 0.6) is 0 Å². The van der Waals surface area contributed by atoms with Gasteiger partial charge in [-0.1, -0.05) is 147 Å². The van der Waals surface area contributed by atoms with Gasteiger partial charge in [0.1, 0.15) is 12.3 Å². The van der Waals surface area contributed by atoms with E-state index in [4.69, 9.17) is 0 Å². The van der Waals surface area contributed by atoms with Crippen molar-refractivity contribution in [3.05, 3.63) is 204 Å². The summed E-state index contributed by atoms with van der Waals surface area (Å²) in [7, 11) is 0. The molecule has 2 N–H and O–H groups in total. The Labute approximate surface area is 331 Å². The first-order valence-corrected chi connectivity index (χ1v) is 20.0. The molecular formula is C53H40N4. The highest BCUT2D eigenvalue weighted by atomic mass is 15.3. The zero-order chi connectivity index (χ0) is 37.8. The summed E-state index contributed by atoms with van der Waals surface area (Å²) in [5.74, 6) is 0. The Morgan fingerprint density at radius 1 is 0.491 bits per heavy atom. The van der Waals surface area contributed by atoms with Crippen LogP contribution in [0.3, 0.4) is 0 Å². The minimum Gasteiger partial charge on any atom is -0.368 e. The van der Waals surface area contributed by atoms with E-state index in [9.17, 15) is 0 Å². The van der Waals surface area contributed by atoms with Gasteiger partial charge in [-0.2, -0.15) is 0 Å². The Bertz CT molecular complexity index is 3270. The topological polar surface area (TPSA) is 33.9 Å². The standard InChI is InChI=1S/C53H40N4/c1-53(2)44-30-36(33-15-5-3-6-16-33)25-28-42(44)49-50(53)54-51(37-26-27-41-39-21-11-13-23-45(39)56(47(41)32-37)38-19-7-4-8-20-38)55-52(49)57-46-24-14-12-22-40(46)43-29-34-17-9-10-18-35(34)31-48(43)57/h3-32,51-52,54-55H,1-2H3. The SMILES string of the molecule is CC1(C)C2=C(c3ccc(-c4ccccc4)cc31)C(n1c3ccccc3c3cc4ccccc4cc31)NC(c1ccc3c4ccccc4n(-c4ccccc4)c3c1)N2. The number of fused-ring (bicyclic) bond motifs is 9. The van der Waals surface area contributed by atoms with Crippen LogP contribution in [0, 0.1) is 0 Å². The molecule has 0 spiro atoms. The molecule has 4 heteroatoms. The zero-order valence-electron chi connectivity index (χ0n) is 31.9. The van der Waals surface area contributed by atoms with Crippen molar-refractivity contribution in [2.24, 2.45) is 0 Å². The molecule has 0 saturated heterocycles. The Morgan fingerprint density at radius 3 is 1.93 bits per heavy atom. The highest BCUT2D eigenvalue weighted by Crippen LogP contribution is 2.53. The van der Waals surface area contributed by atoms with E-state index in [2.05, 4.69) is 216 Å². The van der Waals surface area contributed by atoms with Gasteiger partial charge in [-0.3, -0.25) is 5.32 Å². The molecule has 2 atom stereocenters. The number of hydrogen-bond acceptors (Lipinski definition) is 2. The molecule has 272 valence electrons. The molecule has 4 nitrogen and oxygen atoms in total. The zero-order valence-corrected chi connectivity index (χ0v) is 31.9. The summed E-state index contributed by atoms with van der Waals surface area (Å²) in [4.78, 5) is 0. The average molecular weight is 733 g/mol. The van der Waals surface area contributed by atoms with Gasteiger partial charge in [0.25, 0.3) is 0 Å². The highest BCUT2D eigenvalue weighted by Gasteiger charge is 2.46. The Hall–Kier alpha value is -6.88. The lowest BCUT2D eigenvalue weighted by Gasteiger charge is -2.39. The van der Waals surface area contributed by atoms with Crippen molar-refractivity contribution in [3.8, 4) is 16.8 Å². The second-order valence-electron chi connectivity index (χ2n) is 16.3. The highest BCUT2D eigenvalue weighted by molar-refractivity contribution is 6.13. The minimum atomic E-state index is -0.275. The largest absolute Gasteiger partial charge is 0.368 e. The molecule has 2 aliphatic rings. The molecule has 10 aromatic rings. The number of hydrogen-bond donors (Lipinski definition) is 2. The second kappa shape index (κ2) is 12.1. The third-order valence-electron chi connectivity index (χ3n) is 12.8. The number of rotatable bonds is 4.